The predicted molar refractivity (Wildman–Crippen MR) is 68.7 cm³/mol. The van der Waals surface area contributed by atoms with E-state index in [1.807, 2.05) is 24.5 Å². The lowest BCUT2D eigenvalue weighted by atomic mass is 9.74. The first-order chi connectivity index (χ1) is 8.34. The van der Waals surface area contributed by atoms with Gasteiger partial charge in [0, 0.05) is 18.4 Å². The number of nitrogens with zero attached hydrogens (tertiary/aromatic N) is 1. The van der Waals surface area contributed by atoms with Gasteiger partial charge < -0.3 is 5.73 Å². The van der Waals surface area contributed by atoms with Crippen molar-refractivity contribution in [2.45, 2.75) is 24.8 Å². The fourth-order valence-electron chi connectivity index (χ4n) is 2.63. The van der Waals surface area contributed by atoms with Crippen LogP contribution < -0.4 is 5.73 Å². The molecular formula is C15H16N2. The normalized spacial score (nSPS) is 19.2. The van der Waals surface area contributed by atoms with Crippen LogP contribution >= 0.6 is 0 Å². The molecule has 1 aliphatic rings. The van der Waals surface area contributed by atoms with Gasteiger partial charge in [-0.2, -0.15) is 0 Å². The van der Waals surface area contributed by atoms with Crippen molar-refractivity contribution in [1.29, 1.82) is 0 Å². The molecule has 17 heavy (non-hydrogen) atoms. The van der Waals surface area contributed by atoms with Crippen LogP contribution in [0.2, 0.25) is 0 Å². The van der Waals surface area contributed by atoms with Crippen LogP contribution in [0.4, 0.5) is 0 Å². The molecule has 0 fully saturated rings. The Balaban J connectivity index is 1.70. The first-order valence-corrected chi connectivity index (χ1v) is 6.08. The van der Waals surface area contributed by atoms with Crippen LogP contribution in [-0.2, 0) is 6.42 Å². The van der Waals surface area contributed by atoms with Crippen LogP contribution in [0, 0.1) is 0 Å². The van der Waals surface area contributed by atoms with Crippen LogP contribution in [0.25, 0.3) is 0 Å². The Hall–Kier alpha value is -1.67. The molecule has 2 unspecified atom stereocenters. The first-order valence-electron chi connectivity index (χ1n) is 6.08. The molecule has 86 valence electrons. The summed E-state index contributed by atoms with van der Waals surface area (Å²) in [7, 11) is 0. The van der Waals surface area contributed by atoms with Gasteiger partial charge in [-0.1, -0.05) is 24.3 Å². The van der Waals surface area contributed by atoms with E-state index in [4.69, 9.17) is 5.73 Å². The van der Waals surface area contributed by atoms with Crippen molar-refractivity contribution in [2.24, 2.45) is 5.73 Å². The highest BCUT2D eigenvalue weighted by molar-refractivity contribution is 5.40. The van der Waals surface area contributed by atoms with Crippen molar-refractivity contribution in [3.63, 3.8) is 0 Å². The van der Waals surface area contributed by atoms with Gasteiger partial charge in [0.2, 0.25) is 0 Å². The zero-order valence-corrected chi connectivity index (χ0v) is 9.71. The Labute approximate surface area is 102 Å². The second-order valence-corrected chi connectivity index (χ2v) is 4.72. The van der Waals surface area contributed by atoms with Crippen LogP contribution in [0.5, 0.6) is 0 Å². The quantitative estimate of drug-likeness (QED) is 0.870. The molecule has 1 aromatic carbocycles. The molecule has 2 atom stereocenters. The van der Waals surface area contributed by atoms with Crippen molar-refractivity contribution >= 4 is 0 Å². The third-order valence-corrected chi connectivity index (χ3v) is 3.63. The zero-order chi connectivity index (χ0) is 11.7. The van der Waals surface area contributed by atoms with Gasteiger partial charge in [-0.3, -0.25) is 4.98 Å². The van der Waals surface area contributed by atoms with Crippen molar-refractivity contribution in [1.82, 2.24) is 4.98 Å². The summed E-state index contributed by atoms with van der Waals surface area (Å²) in [5.41, 5.74) is 10.4. The monoisotopic (exact) mass is 224 g/mol. The molecule has 0 saturated carbocycles. The van der Waals surface area contributed by atoms with Crippen molar-refractivity contribution in [3.8, 4) is 0 Å². The molecule has 2 N–H and O–H groups in total. The van der Waals surface area contributed by atoms with Gasteiger partial charge >= 0.3 is 0 Å². The van der Waals surface area contributed by atoms with E-state index >= 15 is 0 Å². The molecule has 1 aliphatic carbocycles. The van der Waals surface area contributed by atoms with E-state index in [0.717, 1.165) is 6.42 Å². The maximum atomic E-state index is 6.23. The number of fused-ring (bicyclic) bond motifs is 1. The number of hydrogen-bond donors (Lipinski definition) is 1. The van der Waals surface area contributed by atoms with Gasteiger partial charge in [0.1, 0.15) is 0 Å². The van der Waals surface area contributed by atoms with Gasteiger partial charge in [0.05, 0.1) is 0 Å². The Morgan fingerprint density at radius 2 is 1.94 bits per heavy atom. The fraction of sp³-hybridized carbons (Fsp3) is 0.267. The van der Waals surface area contributed by atoms with Crippen LogP contribution in [0.15, 0.2) is 48.8 Å². The van der Waals surface area contributed by atoms with E-state index in [2.05, 4.69) is 29.2 Å². The summed E-state index contributed by atoms with van der Waals surface area (Å²) in [6.45, 7) is 0. The molecule has 3 rings (SSSR count). The number of hydrogen-bond acceptors (Lipinski definition) is 2. The fourth-order valence-corrected chi connectivity index (χ4v) is 2.63. The minimum Gasteiger partial charge on any atom is -0.324 e. The molecule has 0 amide bonds. The minimum atomic E-state index is 0.122. The Morgan fingerprint density at radius 1 is 1.18 bits per heavy atom. The van der Waals surface area contributed by atoms with Gasteiger partial charge in [-0.05, 0) is 47.6 Å². The van der Waals surface area contributed by atoms with E-state index in [1.54, 1.807) is 0 Å². The summed E-state index contributed by atoms with van der Waals surface area (Å²) in [6, 6.07) is 12.8. The van der Waals surface area contributed by atoms with E-state index in [1.165, 1.54) is 23.1 Å². The Kier molecular flexibility index (Phi) is 2.65. The van der Waals surface area contributed by atoms with Crippen molar-refractivity contribution in [3.05, 3.63) is 65.5 Å². The summed E-state index contributed by atoms with van der Waals surface area (Å²) in [6.07, 6.45) is 5.82. The lowest BCUT2D eigenvalue weighted by Crippen LogP contribution is -2.22. The van der Waals surface area contributed by atoms with Crippen molar-refractivity contribution < 1.29 is 0 Å². The first kappa shape index (κ1) is 10.5. The Morgan fingerprint density at radius 3 is 2.71 bits per heavy atom. The highest BCUT2D eigenvalue weighted by Crippen LogP contribution is 2.39. The van der Waals surface area contributed by atoms with E-state index in [9.17, 15) is 0 Å². The summed E-state index contributed by atoms with van der Waals surface area (Å²) < 4.78 is 0. The van der Waals surface area contributed by atoms with Crippen LogP contribution in [0.1, 0.15) is 35.1 Å². The van der Waals surface area contributed by atoms with Gasteiger partial charge in [0.25, 0.3) is 0 Å². The maximum absolute atomic E-state index is 6.23. The van der Waals surface area contributed by atoms with E-state index < -0.39 is 0 Å². The highest BCUT2D eigenvalue weighted by Gasteiger charge is 2.27. The summed E-state index contributed by atoms with van der Waals surface area (Å²) in [4.78, 5) is 4.02. The molecule has 0 radical (unpaired) electrons. The molecule has 2 heteroatoms. The molecule has 0 saturated heterocycles. The van der Waals surface area contributed by atoms with Crippen molar-refractivity contribution in [2.75, 3.05) is 0 Å². The smallest absolute Gasteiger partial charge is 0.0301 e. The number of benzene rings is 1. The van der Waals surface area contributed by atoms with Gasteiger partial charge in [-0.25, -0.2) is 0 Å². The minimum absolute atomic E-state index is 0.122. The summed E-state index contributed by atoms with van der Waals surface area (Å²) in [5, 5.41) is 0. The third kappa shape index (κ3) is 1.96. The average molecular weight is 224 g/mol. The summed E-state index contributed by atoms with van der Waals surface area (Å²) >= 11 is 0. The molecule has 0 spiro atoms. The molecule has 0 aliphatic heterocycles. The molecular weight excluding hydrogens is 208 g/mol. The molecule has 1 aromatic heterocycles. The lowest BCUT2D eigenvalue weighted by molar-refractivity contribution is 0.498. The standard InChI is InChI=1S/C15H16N2/c16-15(11-5-7-17-8-6-11)10-13-9-12-3-1-2-4-14(12)13/h1-8,13,15H,9-10,16H2. The third-order valence-electron chi connectivity index (χ3n) is 3.63. The molecule has 2 aromatic rings. The number of rotatable bonds is 3. The SMILES string of the molecule is NC(CC1Cc2ccccc21)c1ccncc1. The average Bonchev–Trinajstić information content (AvgIpc) is 2.37. The maximum Gasteiger partial charge on any atom is 0.0301 e. The second-order valence-electron chi connectivity index (χ2n) is 4.72. The number of nitrogens with two attached hydrogens (primary N) is 1. The zero-order valence-electron chi connectivity index (χ0n) is 9.71. The highest BCUT2D eigenvalue weighted by atomic mass is 14.7. The topological polar surface area (TPSA) is 38.9 Å². The lowest BCUT2D eigenvalue weighted by Gasteiger charge is -2.32. The van der Waals surface area contributed by atoms with Gasteiger partial charge in [0.15, 0.2) is 0 Å². The molecule has 2 nitrogen and oxygen atoms in total. The van der Waals surface area contributed by atoms with Crippen LogP contribution in [-0.4, -0.2) is 4.98 Å². The van der Waals surface area contributed by atoms with E-state index in [-0.39, 0.29) is 6.04 Å². The second kappa shape index (κ2) is 4.30. The number of aromatic nitrogens is 1. The molecule has 0 bridgehead atoms. The van der Waals surface area contributed by atoms with Crippen LogP contribution in [0.3, 0.4) is 0 Å². The van der Waals surface area contributed by atoms with E-state index in [0.29, 0.717) is 5.92 Å². The molecule has 1 heterocycles. The Bertz CT molecular complexity index is 507. The number of pyridine rings is 1. The van der Waals surface area contributed by atoms with Gasteiger partial charge in [-0.15, -0.1) is 0 Å². The predicted octanol–water partition coefficient (Wildman–Crippen LogP) is 2.81. The largest absolute Gasteiger partial charge is 0.324 e. The summed E-state index contributed by atoms with van der Waals surface area (Å²) in [5.74, 6) is 0.634.